The Balaban J connectivity index is 0.00000684. The van der Waals surface area contributed by atoms with Crippen LogP contribution in [0.5, 0.6) is 0 Å². The molecule has 0 aromatic heterocycles. The summed E-state index contributed by atoms with van der Waals surface area (Å²) in [4.78, 5) is 17.7. The molecule has 0 fully saturated rings. The molecule has 1 heterocycles. The summed E-state index contributed by atoms with van der Waals surface area (Å²) in [5.41, 5.74) is 4.72. The van der Waals surface area contributed by atoms with E-state index in [1.807, 2.05) is 13.8 Å². The van der Waals surface area contributed by atoms with Gasteiger partial charge in [0.15, 0.2) is 5.78 Å². The SMILES string of the molecule is CC(C)(C)CC(C)(C)CC(C)(C)c1cc(C(C)(C)C)c(C2=N/C(=C/[O-])C(=O)C2(C)C)c(C(C)(C)C)c1.[Na+]. The molecule has 1 aromatic carbocycles. The molecule has 0 aliphatic carbocycles. The van der Waals surface area contributed by atoms with Crippen LogP contribution >= 0.6 is 0 Å². The number of ketones is 1. The first-order chi connectivity index (χ1) is 15.8. The maximum atomic E-state index is 13.1. The first-order valence-electron chi connectivity index (χ1n) is 13.5. The monoisotopic (exact) mass is 517 g/mol. The van der Waals surface area contributed by atoms with Gasteiger partial charge in [0.05, 0.1) is 16.8 Å². The van der Waals surface area contributed by atoms with Gasteiger partial charge in [-0.2, -0.15) is 0 Å². The van der Waals surface area contributed by atoms with Gasteiger partial charge >= 0.3 is 29.6 Å². The first kappa shape index (κ1) is 34.1. The number of carbonyl (C=O) groups is 1. The number of Topliss-reactive ketones (excluding diaryl/α,β-unsaturated/α-hetero) is 1. The number of rotatable bonds is 5. The van der Waals surface area contributed by atoms with Crippen molar-refractivity contribution in [2.24, 2.45) is 21.2 Å². The molecule has 0 spiro atoms. The van der Waals surface area contributed by atoms with Crippen LogP contribution in [-0.2, 0) is 21.0 Å². The maximum Gasteiger partial charge on any atom is 1.00 e. The number of nitrogens with zero attached hydrogens (tertiary/aromatic N) is 1. The molecular formula is C33H52NNaO2. The van der Waals surface area contributed by atoms with E-state index in [-0.39, 0.29) is 68.1 Å². The Labute approximate surface area is 250 Å². The summed E-state index contributed by atoms with van der Waals surface area (Å²) in [7, 11) is 0. The second kappa shape index (κ2) is 10.6. The van der Waals surface area contributed by atoms with Crippen LogP contribution in [0.3, 0.4) is 0 Å². The van der Waals surface area contributed by atoms with Gasteiger partial charge in [0.2, 0.25) is 0 Å². The molecule has 0 unspecified atom stereocenters. The van der Waals surface area contributed by atoms with Crippen molar-refractivity contribution in [2.75, 3.05) is 0 Å². The molecule has 1 aromatic rings. The second-order valence-corrected chi connectivity index (χ2v) is 16.3. The van der Waals surface area contributed by atoms with E-state index >= 15 is 0 Å². The van der Waals surface area contributed by atoms with Crippen LogP contribution in [0, 0.1) is 16.2 Å². The molecule has 4 heteroatoms. The van der Waals surface area contributed by atoms with Crippen LogP contribution in [0.2, 0.25) is 0 Å². The van der Waals surface area contributed by atoms with E-state index in [1.165, 1.54) is 16.7 Å². The average Bonchev–Trinajstić information content (AvgIpc) is 2.85. The number of allylic oxidation sites excluding steroid dienone is 1. The Morgan fingerprint density at radius 1 is 0.811 bits per heavy atom. The van der Waals surface area contributed by atoms with E-state index in [0.717, 1.165) is 24.1 Å². The standard InChI is InChI=1S/C33H53NO2.Na/c1-28(2,3)19-31(10,11)20-32(12,13)21-16-22(29(4,5)6)25(23(17-21)30(7,8)9)26-33(14,15)27(36)24(18-35)34-26;/h16-18,35H,19-20H2,1-15H3;/q;+1/p-1/b24-18+;. The van der Waals surface area contributed by atoms with Crippen LogP contribution in [0.25, 0.3) is 0 Å². The Kier molecular flexibility index (Phi) is 9.76. The van der Waals surface area contributed by atoms with E-state index in [2.05, 4.69) is 107 Å². The molecule has 1 aliphatic rings. The molecule has 2 rings (SSSR count). The molecule has 0 saturated carbocycles. The number of hydrogen-bond donors (Lipinski definition) is 0. The fraction of sp³-hybridized carbons (Fsp3) is 0.697. The Bertz CT molecular complexity index is 1050. The molecule has 1 aliphatic heterocycles. The van der Waals surface area contributed by atoms with Gasteiger partial charge in [-0.15, -0.1) is 6.26 Å². The van der Waals surface area contributed by atoms with Gasteiger partial charge in [-0.3, -0.25) is 4.79 Å². The molecular weight excluding hydrogens is 465 g/mol. The third-order valence-electron chi connectivity index (χ3n) is 7.44. The number of benzene rings is 1. The van der Waals surface area contributed by atoms with E-state index in [4.69, 9.17) is 0 Å². The van der Waals surface area contributed by atoms with Gasteiger partial charge in [0.25, 0.3) is 0 Å². The van der Waals surface area contributed by atoms with Crippen LogP contribution in [0.15, 0.2) is 29.1 Å². The van der Waals surface area contributed by atoms with Gasteiger partial charge in [-0.25, -0.2) is 4.99 Å². The second-order valence-electron chi connectivity index (χ2n) is 16.3. The summed E-state index contributed by atoms with van der Waals surface area (Å²) in [5.74, 6) is -0.194. The molecule has 0 amide bonds. The Morgan fingerprint density at radius 2 is 1.24 bits per heavy atom. The molecule has 202 valence electrons. The largest absolute Gasteiger partial charge is 1.00 e. The number of hydrogen-bond acceptors (Lipinski definition) is 3. The summed E-state index contributed by atoms with van der Waals surface area (Å²) in [6.45, 7) is 33.7. The van der Waals surface area contributed by atoms with Crippen molar-refractivity contribution in [3.05, 3.63) is 46.3 Å². The van der Waals surface area contributed by atoms with Gasteiger partial charge in [0.1, 0.15) is 0 Å². The van der Waals surface area contributed by atoms with Crippen molar-refractivity contribution in [3.8, 4) is 0 Å². The van der Waals surface area contributed by atoms with Crippen molar-refractivity contribution in [3.63, 3.8) is 0 Å². The van der Waals surface area contributed by atoms with E-state index in [1.54, 1.807) is 0 Å². The predicted octanol–water partition coefficient (Wildman–Crippen LogP) is 5.02. The maximum absolute atomic E-state index is 13.1. The fourth-order valence-corrected chi connectivity index (χ4v) is 6.45. The molecule has 37 heavy (non-hydrogen) atoms. The fourth-order valence-electron chi connectivity index (χ4n) is 6.45. The van der Waals surface area contributed by atoms with Crippen LogP contribution in [0.1, 0.15) is 139 Å². The van der Waals surface area contributed by atoms with Gasteiger partial charge in [-0.1, -0.05) is 102 Å². The molecule has 0 saturated heterocycles. The van der Waals surface area contributed by atoms with Crippen molar-refractivity contribution in [1.29, 1.82) is 0 Å². The zero-order valence-electron chi connectivity index (χ0n) is 26.9. The van der Waals surface area contributed by atoms with Crippen LogP contribution < -0.4 is 34.7 Å². The zero-order chi connectivity index (χ0) is 28.3. The molecule has 0 atom stereocenters. The topological polar surface area (TPSA) is 52.5 Å². The third kappa shape index (κ3) is 7.61. The minimum absolute atomic E-state index is 0. The van der Waals surface area contributed by atoms with Crippen LogP contribution in [-0.4, -0.2) is 11.5 Å². The number of carbonyl (C=O) groups excluding carboxylic acids is 1. The summed E-state index contributed by atoms with van der Waals surface area (Å²) >= 11 is 0. The smallest absolute Gasteiger partial charge is 0.876 e. The zero-order valence-corrected chi connectivity index (χ0v) is 28.9. The summed E-state index contributed by atoms with van der Waals surface area (Å²) < 4.78 is 0. The van der Waals surface area contributed by atoms with E-state index in [0.29, 0.717) is 6.26 Å². The van der Waals surface area contributed by atoms with Crippen molar-refractivity contribution >= 4 is 11.5 Å². The van der Waals surface area contributed by atoms with E-state index < -0.39 is 5.41 Å². The molecule has 0 N–H and O–H groups in total. The van der Waals surface area contributed by atoms with Crippen LogP contribution in [0.4, 0.5) is 0 Å². The molecule has 0 radical (unpaired) electrons. The number of aliphatic imine (C=N–C) groups is 1. The Hall–Kier alpha value is -0.900. The first-order valence-corrected chi connectivity index (χ1v) is 13.5. The van der Waals surface area contributed by atoms with Gasteiger partial charge in [-0.05, 0) is 70.5 Å². The normalized spacial score (nSPS) is 18.2. The summed E-state index contributed by atoms with van der Waals surface area (Å²) in [5, 5.41) is 11.7. The van der Waals surface area contributed by atoms with Gasteiger partial charge < -0.3 is 5.11 Å². The average molecular weight is 518 g/mol. The minimum Gasteiger partial charge on any atom is -0.876 e. The van der Waals surface area contributed by atoms with Crippen molar-refractivity contribution < 1.29 is 39.5 Å². The third-order valence-corrected chi connectivity index (χ3v) is 7.44. The quantitative estimate of drug-likeness (QED) is 0.313. The van der Waals surface area contributed by atoms with Gasteiger partial charge in [0, 0.05) is 5.56 Å². The summed E-state index contributed by atoms with van der Waals surface area (Å²) in [6.07, 6.45) is 2.83. The predicted molar refractivity (Wildman–Crippen MR) is 153 cm³/mol. The molecule has 3 nitrogen and oxygen atoms in total. The molecule has 0 bridgehead atoms. The minimum atomic E-state index is -0.845. The summed E-state index contributed by atoms with van der Waals surface area (Å²) in [6, 6.07) is 4.72. The van der Waals surface area contributed by atoms with E-state index in [9.17, 15) is 9.90 Å². The van der Waals surface area contributed by atoms with Crippen molar-refractivity contribution in [1.82, 2.24) is 0 Å². The van der Waals surface area contributed by atoms with Crippen molar-refractivity contribution in [2.45, 2.75) is 133 Å². The Morgan fingerprint density at radius 3 is 1.57 bits per heavy atom.